The summed E-state index contributed by atoms with van der Waals surface area (Å²) in [7, 11) is 0. The van der Waals surface area contributed by atoms with Crippen LogP contribution in [0.5, 0.6) is 0 Å². The van der Waals surface area contributed by atoms with Gasteiger partial charge < -0.3 is 16.0 Å². The van der Waals surface area contributed by atoms with Crippen LogP contribution in [0.4, 0.5) is 13.2 Å². The number of hydrogen-bond donors (Lipinski definition) is 3. The van der Waals surface area contributed by atoms with Gasteiger partial charge >= 0.3 is 6.18 Å². The van der Waals surface area contributed by atoms with Gasteiger partial charge in [0.25, 0.3) is 0 Å². The predicted molar refractivity (Wildman–Crippen MR) is 92.2 cm³/mol. The van der Waals surface area contributed by atoms with Crippen LogP contribution in [0.3, 0.4) is 0 Å². The van der Waals surface area contributed by atoms with Crippen LogP contribution < -0.4 is 16.0 Å². The van der Waals surface area contributed by atoms with E-state index < -0.39 is 11.7 Å². The summed E-state index contributed by atoms with van der Waals surface area (Å²) in [6.07, 6.45) is -4.35. The number of amides is 1. The highest BCUT2D eigenvalue weighted by atomic mass is 19.4. The van der Waals surface area contributed by atoms with Crippen LogP contribution in [-0.4, -0.2) is 30.5 Å². The normalized spacial score (nSPS) is 12.7. The summed E-state index contributed by atoms with van der Waals surface area (Å²) in [5.74, 6) is 0.249. The number of nitrogens with one attached hydrogen (secondary N) is 3. The molecule has 0 heterocycles. The second-order valence-electron chi connectivity index (χ2n) is 6.54. The molecule has 0 aliphatic carbocycles. The van der Waals surface area contributed by atoms with Gasteiger partial charge in [-0.3, -0.25) is 4.79 Å². The Labute approximate surface area is 146 Å². The minimum absolute atomic E-state index is 0.0517. The maximum Gasteiger partial charge on any atom is 0.416 e. The van der Waals surface area contributed by atoms with Crippen molar-refractivity contribution in [2.75, 3.05) is 13.1 Å². The van der Waals surface area contributed by atoms with Crippen molar-refractivity contribution in [2.24, 2.45) is 4.99 Å². The van der Waals surface area contributed by atoms with Crippen LogP contribution in [0.1, 0.15) is 38.8 Å². The van der Waals surface area contributed by atoms with Crippen LogP contribution in [0.15, 0.2) is 29.3 Å². The van der Waals surface area contributed by atoms with Gasteiger partial charge in [-0.25, -0.2) is 4.99 Å². The molecule has 1 amide bonds. The molecule has 140 valence electrons. The van der Waals surface area contributed by atoms with Crippen LogP contribution >= 0.6 is 0 Å². The molecule has 0 saturated heterocycles. The Hall–Kier alpha value is -2.25. The minimum atomic E-state index is -4.35. The van der Waals surface area contributed by atoms with Gasteiger partial charge in [-0.1, -0.05) is 12.1 Å². The van der Waals surface area contributed by atoms with E-state index in [1.54, 1.807) is 0 Å². The fourth-order valence-corrected chi connectivity index (χ4v) is 1.94. The highest BCUT2D eigenvalue weighted by Crippen LogP contribution is 2.29. The predicted octanol–water partition coefficient (Wildman–Crippen LogP) is 2.68. The number of nitrogens with zero attached hydrogens (tertiary/aromatic N) is 1. The maximum atomic E-state index is 12.5. The highest BCUT2D eigenvalue weighted by molar-refractivity contribution is 5.86. The molecule has 8 heteroatoms. The summed E-state index contributed by atoms with van der Waals surface area (Å²) in [6.45, 7) is 8.38. The molecule has 0 atom stereocenters. The molecule has 0 aromatic heterocycles. The Morgan fingerprint density at radius 3 is 2.16 bits per heavy atom. The molecule has 0 unspecified atom stereocenters. The third-order valence-electron chi connectivity index (χ3n) is 2.98. The van der Waals surface area contributed by atoms with Crippen molar-refractivity contribution < 1.29 is 18.0 Å². The number of guanidine groups is 1. The number of rotatable bonds is 5. The molecule has 5 nitrogen and oxygen atoms in total. The van der Waals surface area contributed by atoms with Crippen molar-refractivity contribution in [1.82, 2.24) is 16.0 Å². The van der Waals surface area contributed by atoms with Crippen molar-refractivity contribution in [3.63, 3.8) is 0 Å². The van der Waals surface area contributed by atoms with Crippen LogP contribution in [-0.2, 0) is 17.5 Å². The fourth-order valence-electron chi connectivity index (χ4n) is 1.94. The van der Waals surface area contributed by atoms with Gasteiger partial charge in [0, 0.05) is 12.1 Å². The molecular weight excluding hydrogens is 333 g/mol. The van der Waals surface area contributed by atoms with Crippen LogP contribution in [0, 0.1) is 0 Å². The second kappa shape index (κ2) is 8.73. The van der Waals surface area contributed by atoms with Gasteiger partial charge in [0.05, 0.1) is 18.7 Å². The average Bonchev–Trinajstić information content (AvgIpc) is 2.48. The summed E-state index contributed by atoms with van der Waals surface area (Å²) in [5.41, 5.74) is -0.373. The number of hydrogen-bond acceptors (Lipinski definition) is 2. The Kier molecular flexibility index (Phi) is 7.26. The first kappa shape index (κ1) is 20.8. The number of benzene rings is 1. The lowest BCUT2D eigenvalue weighted by Crippen LogP contribution is -2.48. The monoisotopic (exact) mass is 358 g/mol. The molecule has 0 aliphatic rings. The van der Waals surface area contributed by atoms with Gasteiger partial charge in [0.15, 0.2) is 5.96 Å². The number of carbonyl (C=O) groups is 1. The summed E-state index contributed by atoms with van der Waals surface area (Å²) in [4.78, 5) is 16.1. The molecule has 0 spiro atoms. The van der Waals surface area contributed by atoms with Crippen LogP contribution in [0.2, 0.25) is 0 Å². The smallest absolute Gasteiger partial charge is 0.357 e. The largest absolute Gasteiger partial charge is 0.416 e. The minimum Gasteiger partial charge on any atom is -0.357 e. The maximum absolute atomic E-state index is 12.5. The third-order valence-corrected chi connectivity index (χ3v) is 2.98. The number of alkyl halides is 3. The van der Waals surface area contributed by atoms with Gasteiger partial charge in [0.1, 0.15) is 0 Å². The molecule has 0 aliphatic heterocycles. The Morgan fingerprint density at radius 1 is 1.08 bits per heavy atom. The van der Waals surface area contributed by atoms with Gasteiger partial charge in [-0.15, -0.1) is 0 Å². The zero-order valence-corrected chi connectivity index (χ0v) is 14.9. The first-order valence-electron chi connectivity index (χ1n) is 8.00. The summed E-state index contributed by atoms with van der Waals surface area (Å²) < 4.78 is 37.6. The van der Waals surface area contributed by atoms with E-state index in [2.05, 4.69) is 20.9 Å². The van der Waals surface area contributed by atoms with E-state index in [1.807, 2.05) is 27.7 Å². The zero-order chi connectivity index (χ0) is 19.1. The number of halogens is 3. The van der Waals surface area contributed by atoms with E-state index in [4.69, 9.17) is 0 Å². The molecular formula is C17H25F3N4O. The first-order valence-corrected chi connectivity index (χ1v) is 8.00. The Bertz CT molecular complexity index is 589. The van der Waals surface area contributed by atoms with Crippen molar-refractivity contribution in [3.05, 3.63) is 35.4 Å². The summed E-state index contributed by atoms with van der Waals surface area (Å²) in [5, 5.41) is 8.70. The molecule has 1 aromatic rings. The fraction of sp³-hybridized carbons (Fsp3) is 0.529. The van der Waals surface area contributed by atoms with Crippen molar-refractivity contribution >= 4 is 11.9 Å². The quantitative estimate of drug-likeness (QED) is 0.560. The molecule has 1 rings (SSSR count). The van der Waals surface area contributed by atoms with Gasteiger partial charge in [-0.2, -0.15) is 13.2 Å². The SMILES string of the molecule is CCNC(=NCc1ccc(C(F)(F)F)cc1)NCC(=O)NC(C)(C)C. The molecule has 0 radical (unpaired) electrons. The van der Waals surface area contributed by atoms with Gasteiger partial charge in [0.2, 0.25) is 5.91 Å². The molecule has 0 bridgehead atoms. The molecule has 25 heavy (non-hydrogen) atoms. The zero-order valence-electron chi connectivity index (χ0n) is 14.9. The van der Waals surface area contributed by atoms with Crippen molar-refractivity contribution in [3.8, 4) is 0 Å². The van der Waals surface area contributed by atoms with E-state index in [9.17, 15) is 18.0 Å². The molecule has 3 N–H and O–H groups in total. The lowest BCUT2D eigenvalue weighted by Gasteiger charge is -2.21. The first-order chi connectivity index (χ1) is 11.5. The lowest BCUT2D eigenvalue weighted by atomic mass is 10.1. The average molecular weight is 358 g/mol. The summed E-state index contributed by atoms with van der Waals surface area (Å²) >= 11 is 0. The third kappa shape index (κ3) is 8.42. The second-order valence-corrected chi connectivity index (χ2v) is 6.54. The molecule has 1 aromatic carbocycles. The standard InChI is InChI=1S/C17H25F3N4O/c1-5-21-15(23-11-14(25)24-16(2,3)4)22-10-12-6-8-13(9-7-12)17(18,19)20/h6-9H,5,10-11H2,1-4H3,(H,24,25)(H2,21,22,23). The molecule has 0 fully saturated rings. The van der Waals surface area contributed by atoms with E-state index >= 15 is 0 Å². The number of carbonyl (C=O) groups excluding carboxylic acids is 1. The van der Waals surface area contributed by atoms with E-state index in [1.165, 1.54) is 12.1 Å². The Morgan fingerprint density at radius 2 is 1.68 bits per heavy atom. The van der Waals surface area contributed by atoms with Gasteiger partial charge in [-0.05, 0) is 45.4 Å². The Balaban J connectivity index is 2.64. The summed E-state index contributed by atoms with van der Waals surface area (Å²) in [6, 6.07) is 4.84. The van der Waals surface area contributed by atoms with E-state index in [-0.39, 0.29) is 24.5 Å². The lowest BCUT2D eigenvalue weighted by molar-refractivity contribution is -0.137. The number of aliphatic imine (C=N–C) groups is 1. The van der Waals surface area contributed by atoms with Crippen LogP contribution in [0.25, 0.3) is 0 Å². The van der Waals surface area contributed by atoms with Crippen molar-refractivity contribution in [2.45, 2.75) is 46.0 Å². The van der Waals surface area contributed by atoms with Crippen molar-refractivity contribution in [1.29, 1.82) is 0 Å². The topological polar surface area (TPSA) is 65.5 Å². The van der Waals surface area contributed by atoms with E-state index in [0.29, 0.717) is 18.1 Å². The van der Waals surface area contributed by atoms with E-state index in [0.717, 1.165) is 12.1 Å². The molecule has 0 saturated carbocycles. The highest BCUT2D eigenvalue weighted by Gasteiger charge is 2.29.